The molecule has 0 radical (unpaired) electrons. The van der Waals surface area contributed by atoms with Crippen molar-refractivity contribution in [2.75, 3.05) is 36.4 Å². The number of hydrogen-bond donors (Lipinski definition) is 1. The Labute approximate surface area is 160 Å². The molecule has 0 bridgehead atoms. The number of benzene rings is 2. The van der Waals surface area contributed by atoms with Crippen LogP contribution in [0.5, 0.6) is 0 Å². The van der Waals surface area contributed by atoms with Crippen LogP contribution in [0.4, 0.5) is 28.9 Å². The van der Waals surface area contributed by atoms with Crippen molar-refractivity contribution in [1.29, 1.82) is 0 Å². The molecule has 1 atom stereocenters. The Morgan fingerprint density at radius 2 is 1.68 bits per heavy atom. The minimum absolute atomic E-state index is 0.122. The predicted octanol–water partition coefficient (Wildman–Crippen LogP) is 3.99. The number of nitrogens with zero attached hydrogens (tertiary/aromatic N) is 2. The Kier molecular flexibility index (Phi) is 5.88. The first-order valence-corrected chi connectivity index (χ1v) is 8.97. The van der Waals surface area contributed by atoms with Gasteiger partial charge in [0.2, 0.25) is 5.91 Å². The van der Waals surface area contributed by atoms with Crippen molar-refractivity contribution >= 4 is 17.3 Å². The number of amides is 1. The first-order valence-electron chi connectivity index (χ1n) is 8.97. The summed E-state index contributed by atoms with van der Waals surface area (Å²) in [6.07, 6.45) is -4.46. The van der Waals surface area contributed by atoms with Gasteiger partial charge < -0.3 is 10.2 Å². The van der Waals surface area contributed by atoms with Gasteiger partial charge in [-0.15, -0.1) is 0 Å². The van der Waals surface area contributed by atoms with Crippen LogP contribution >= 0.6 is 0 Å². The SMILES string of the molecule is C[C@@H](C(=O)Nc1cccc(C(F)(F)F)c1)N1CCN(c2ccc(F)cc2)CC1. The van der Waals surface area contributed by atoms with Gasteiger partial charge >= 0.3 is 6.18 Å². The van der Waals surface area contributed by atoms with E-state index in [0.29, 0.717) is 26.2 Å². The van der Waals surface area contributed by atoms with Crippen LogP contribution < -0.4 is 10.2 Å². The summed E-state index contributed by atoms with van der Waals surface area (Å²) in [6, 6.07) is 10.4. The first kappa shape index (κ1) is 20.1. The monoisotopic (exact) mass is 395 g/mol. The highest BCUT2D eigenvalue weighted by atomic mass is 19.4. The van der Waals surface area contributed by atoms with Crippen molar-refractivity contribution in [3.8, 4) is 0 Å². The number of carbonyl (C=O) groups is 1. The zero-order valence-corrected chi connectivity index (χ0v) is 15.3. The number of rotatable bonds is 4. The number of halogens is 4. The maximum Gasteiger partial charge on any atom is 0.416 e. The highest BCUT2D eigenvalue weighted by Gasteiger charge is 2.31. The Bertz CT molecular complexity index is 815. The van der Waals surface area contributed by atoms with Crippen molar-refractivity contribution in [3.63, 3.8) is 0 Å². The first-order chi connectivity index (χ1) is 13.2. The highest BCUT2D eigenvalue weighted by Crippen LogP contribution is 2.30. The summed E-state index contributed by atoms with van der Waals surface area (Å²) in [5.74, 6) is -0.642. The lowest BCUT2D eigenvalue weighted by atomic mass is 10.1. The fourth-order valence-corrected chi connectivity index (χ4v) is 3.21. The number of hydrogen-bond acceptors (Lipinski definition) is 3. The van der Waals surface area contributed by atoms with Gasteiger partial charge in [0.15, 0.2) is 0 Å². The summed E-state index contributed by atoms with van der Waals surface area (Å²) < 4.78 is 51.5. The van der Waals surface area contributed by atoms with E-state index < -0.39 is 17.8 Å². The Morgan fingerprint density at radius 3 is 2.29 bits per heavy atom. The topological polar surface area (TPSA) is 35.6 Å². The van der Waals surface area contributed by atoms with Gasteiger partial charge in [0, 0.05) is 37.6 Å². The molecule has 1 aliphatic rings. The lowest BCUT2D eigenvalue weighted by molar-refractivity contribution is -0.137. The molecule has 1 heterocycles. The summed E-state index contributed by atoms with van der Waals surface area (Å²) in [7, 11) is 0. The molecule has 2 aromatic rings. The fraction of sp³-hybridized carbons (Fsp3) is 0.350. The Morgan fingerprint density at radius 1 is 1.04 bits per heavy atom. The predicted molar refractivity (Wildman–Crippen MR) is 99.7 cm³/mol. The van der Waals surface area contributed by atoms with E-state index >= 15 is 0 Å². The largest absolute Gasteiger partial charge is 0.416 e. The summed E-state index contributed by atoms with van der Waals surface area (Å²) in [4.78, 5) is 16.6. The molecule has 150 valence electrons. The minimum atomic E-state index is -4.46. The average molecular weight is 395 g/mol. The Hall–Kier alpha value is -2.61. The normalized spacial score (nSPS) is 16.7. The van der Waals surface area contributed by atoms with Gasteiger partial charge in [0.25, 0.3) is 0 Å². The third-order valence-electron chi connectivity index (χ3n) is 4.89. The highest BCUT2D eigenvalue weighted by molar-refractivity contribution is 5.94. The van der Waals surface area contributed by atoms with Gasteiger partial charge in [-0.05, 0) is 49.4 Å². The second-order valence-electron chi connectivity index (χ2n) is 6.74. The number of nitrogens with one attached hydrogen (secondary N) is 1. The second kappa shape index (κ2) is 8.18. The third-order valence-corrected chi connectivity index (χ3v) is 4.89. The molecule has 1 aliphatic heterocycles. The van der Waals surface area contributed by atoms with E-state index in [1.54, 1.807) is 19.1 Å². The van der Waals surface area contributed by atoms with E-state index in [4.69, 9.17) is 0 Å². The molecule has 28 heavy (non-hydrogen) atoms. The molecule has 1 saturated heterocycles. The quantitative estimate of drug-likeness (QED) is 0.795. The molecule has 8 heteroatoms. The average Bonchev–Trinajstić information content (AvgIpc) is 2.68. The number of anilines is 2. The van der Waals surface area contributed by atoms with Crippen LogP contribution in [0.3, 0.4) is 0 Å². The molecule has 1 amide bonds. The van der Waals surface area contributed by atoms with Crippen molar-refractivity contribution < 1.29 is 22.4 Å². The molecule has 1 N–H and O–H groups in total. The summed E-state index contributed by atoms with van der Waals surface area (Å²) in [6.45, 7) is 4.32. The van der Waals surface area contributed by atoms with Gasteiger partial charge in [0.1, 0.15) is 5.82 Å². The lowest BCUT2D eigenvalue weighted by Crippen LogP contribution is -2.52. The van der Waals surface area contributed by atoms with E-state index in [-0.39, 0.29) is 17.4 Å². The summed E-state index contributed by atoms with van der Waals surface area (Å²) in [5, 5.41) is 2.56. The molecule has 0 unspecified atom stereocenters. The van der Waals surface area contributed by atoms with Gasteiger partial charge in [0.05, 0.1) is 11.6 Å². The zero-order chi connectivity index (χ0) is 20.3. The van der Waals surface area contributed by atoms with Crippen molar-refractivity contribution in [1.82, 2.24) is 4.90 Å². The molecule has 0 aromatic heterocycles. The van der Waals surface area contributed by atoms with Crippen LogP contribution in [0.1, 0.15) is 12.5 Å². The van der Waals surface area contributed by atoms with Crippen LogP contribution in [-0.4, -0.2) is 43.0 Å². The molecule has 0 aliphatic carbocycles. The van der Waals surface area contributed by atoms with E-state index in [9.17, 15) is 22.4 Å². The van der Waals surface area contributed by atoms with E-state index in [0.717, 1.165) is 17.8 Å². The maximum atomic E-state index is 13.0. The van der Waals surface area contributed by atoms with E-state index in [2.05, 4.69) is 10.2 Å². The molecule has 3 rings (SSSR count). The lowest BCUT2D eigenvalue weighted by Gasteiger charge is -2.38. The number of carbonyl (C=O) groups excluding carboxylic acids is 1. The molecular formula is C20H21F4N3O. The van der Waals surface area contributed by atoms with Crippen LogP contribution in [0, 0.1) is 5.82 Å². The fourth-order valence-electron chi connectivity index (χ4n) is 3.21. The van der Waals surface area contributed by atoms with Gasteiger partial charge in [-0.25, -0.2) is 4.39 Å². The van der Waals surface area contributed by atoms with Gasteiger partial charge in [-0.3, -0.25) is 9.69 Å². The number of alkyl halides is 3. The van der Waals surface area contributed by atoms with Crippen molar-refractivity contribution in [3.05, 3.63) is 59.9 Å². The van der Waals surface area contributed by atoms with Crippen molar-refractivity contribution in [2.24, 2.45) is 0 Å². The van der Waals surface area contributed by atoms with Crippen LogP contribution in [-0.2, 0) is 11.0 Å². The molecule has 1 fully saturated rings. The van der Waals surface area contributed by atoms with Crippen LogP contribution in [0.25, 0.3) is 0 Å². The van der Waals surface area contributed by atoms with Crippen LogP contribution in [0.15, 0.2) is 48.5 Å². The molecule has 0 saturated carbocycles. The Balaban J connectivity index is 1.57. The minimum Gasteiger partial charge on any atom is -0.369 e. The van der Waals surface area contributed by atoms with E-state index in [1.165, 1.54) is 24.3 Å². The summed E-state index contributed by atoms with van der Waals surface area (Å²) in [5.41, 5.74) is 0.240. The third kappa shape index (κ3) is 4.81. The van der Waals surface area contributed by atoms with E-state index in [1.807, 2.05) is 4.90 Å². The zero-order valence-electron chi connectivity index (χ0n) is 15.3. The second-order valence-corrected chi connectivity index (χ2v) is 6.74. The molecular weight excluding hydrogens is 374 g/mol. The number of piperazine rings is 1. The molecule has 4 nitrogen and oxygen atoms in total. The smallest absolute Gasteiger partial charge is 0.369 e. The van der Waals surface area contributed by atoms with Gasteiger partial charge in [-0.1, -0.05) is 6.07 Å². The van der Waals surface area contributed by atoms with Crippen LogP contribution in [0.2, 0.25) is 0 Å². The molecule has 2 aromatic carbocycles. The molecule has 0 spiro atoms. The van der Waals surface area contributed by atoms with Gasteiger partial charge in [-0.2, -0.15) is 13.2 Å². The van der Waals surface area contributed by atoms with Crippen molar-refractivity contribution in [2.45, 2.75) is 19.1 Å². The summed E-state index contributed by atoms with van der Waals surface area (Å²) >= 11 is 0. The maximum absolute atomic E-state index is 13.0. The standard InChI is InChI=1S/C20H21F4N3O/c1-14(19(28)25-17-4-2-3-15(13-17)20(22,23)24)26-9-11-27(12-10-26)18-7-5-16(21)6-8-18/h2-8,13-14H,9-12H2,1H3,(H,25,28)/t14-/m0/s1.